The maximum absolute atomic E-state index is 12.1. The SMILES string of the molecule is Cc1csc(CNC(=O)c2ccc(N3CCOCC3)nc2)n1. The molecule has 1 aliphatic heterocycles. The third kappa shape index (κ3) is 3.61. The molecule has 1 saturated heterocycles. The van der Waals surface area contributed by atoms with Gasteiger partial charge in [0.1, 0.15) is 10.8 Å². The zero-order chi connectivity index (χ0) is 15.4. The number of rotatable bonds is 4. The fourth-order valence-corrected chi connectivity index (χ4v) is 2.95. The monoisotopic (exact) mass is 318 g/mol. The molecule has 116 valence electrons. The van der Waals surface area contributed by atoms with Gasteiger partial charge in [-0.1, -0.05) is 0 Å². The van der Waals surface area contributed by atoms with Crippen molar-refractivity contribution < 1.29 is 9.53 Å². The molecule has 0 bridgehead atoms. The molecule has 6 nitrogen and oxygen atoms in total. The summed E-state index contributed by atoms with van der Waals surface area (Å²) in [5.74, 6) is 0.754. The normalized spacial score (nSPS) is 14.9. The Morgan fingerprint density at radius 2 is 2.23 bits per heavy atom. The summed E-state index contributed by atoms with van der Waals surface area (Å²) in [5.41, 5.74) is 1.54. The first-order valence-electron chi connectivity index (χ1n) is 7.20. The van der Waals surface area contributed by atoms with E-state index in [0.29, 0.717) is 12.1 Å². The lowest BCUT2D eigenvalue weighted by atomic mass is 10.2. The molecule has 1 N–H and O–H groups in total. The van der Waals surface area contributed by atoms with Crippen LogP contribution >= 0.6 is 11.3 Å². The molecule has 3 heterocycles. The molecule has 3 rings (SSSR count). The molecule has 1 fully saturated rings. The van der Waals surface area contributed by atoms with Gasteiger partial charge in [0.05, 0.1) is 25.3 Å². The van der Waals surface area contributed by atoms with Gasteiger partial charge in [-0.3, -0.25) is 4.79 Å². The minimum atomic E-state index is -0.131. The summed E-state index contributed by atoms with van der Waals surface area (Å²) in [4.78, 5) is 23.0. The number of hydrogen-bond donors (Lipinski definition) is 1. The lowest BCUT2D eigenvalue weighted by Crippen LogP contribution is -2.36. The summed E-state index contributed by atoms with van der Waals surface area (Å²) >= 11 is 1.55. The molecule has 0 aliphatic carbocycles. The molecule has 0 radical (unpaired) electrons. The number of aryl methyl sites for hydroxylation is 1. The highest BCUT2D eigenvalue weighted by atomic mass is 32.1. The highest BCUT2D eigenvalue weighted by Crippen LogP contribution is 2.13. The van der Waals surface area contributed by atoms with Crippen LogP contribution in [-0.4, -0.2) is 42.2 Å². The van der Waals surface area contributed by atoms with Crippen LogP contribution < -0.4 is 10.2 Å². The van der Waals surface area contributed by atoms with Gasteiger partial charge in [-0.15, -0.1) is 11.3 Å². The van der Waals surface area contributed by atoms with Crippen LogP contribution in [0.4, 0.5) is 5.82 Å². The zero-order valence-electron chi connectivity index (χ0n) is 12.4. The highest BCUT2D eigenvalue weighted by molar-refractivity contribution is 7.09. The fraction of sp³-hybridized carbons (Fsp3) is 0.400. The molecular formula is C15H18N4O2S. The van der Waals surface area contributed by atoms with E-state index >= 15 is 0 Å². The number of pyridine rings is 1. The Morgan fingerprint density at radius 3 is 2.86 bits per heavy atom. The van der Waals surface area contributed by atoms with Crippen molar-refractivity contribution in [3.8, 4) is 0 Å². The van der Waals surface area contributed by atoms with E-state index in [-0.39, 0.29) is 5.91 Å². The Bertz CT molecular complexity index is 635. The van der Waals surface area contributed by atoms with Crippen molar-refractivity contribution in [1.82, 2.24) is 15.3 Å². The highest BCUT2D eigenvalue weighted by Gasteiger charge is 2.13. The molecule has 0 unspecified atom stereocenters. The van der Waals surface area contributed by atoms with Crippen LogP contribution in [-0.2, 0) is 11.3 Å². The molecule has 0 saturated carbocycles. The summed E-state index contributed by atoms with van der Waals surface area (Å²) in [7, 11) is 0. The molecule has 0 spiro atoms. The number of hydrogen-bond acceptors (Lipinski definition) is 6. The first kappa shape index (κ1) is 14.9. The average Bonchev–Trinajstić information content (AvgIpc) is 2.99. The van der Waals surface area contributed by atoms with E-state index in [9.17, 15) is 4.79 Å². The second-order valence-corrected chi connectivity index (χ2v) is 6.01. The van der Waals surface area contributed by atoms with Crippen molar-refractivity contribution in [3.05, 3.63) is 40.0 Å². The Kier molecular flexibility index (Phi) is 4.65. The van der Waals surface area contributed by atoms with Gasteiger partial charge in [-0.05, 0) is 19.1 Å². The topological polar surface area (TPSA) is 67.4 Å². The molecule has 2 aromatic rings. The van der Waals surface area contributed by atoms with Crippen molar-refractivity contribution in [2.45, 2.75) is 13.5 Å². The van der Waals surface area contributed by atoms with E-state index in [1.165, 1.54) is 0 Å². The van der Waals surface area contributed by atoms with Gasteiger partial charge in [-0.2, -0.15) is 0 Å². The Balaban J connectivity index is 1.58. The number of amides is 1. The summed E-state index contributed by atoms with van der Waals surface area (Å²) in [6.45, 7) is 5.50. The van der Waals surface area contributed by atoms with Crippen molar-refractivity contribution in [2.24, 2.45) is 0 Å². The molecule has 1 amide bonds. The lowest BCUT2D eigenvalue weighted by Gasteiger charge is -2.27. The minimum Gasteiger partial charge on any atom is -0.378 e. The fourth-order valence-electron chi connectivity index (χ4n) is 2.24. The zero-order valence-corrected chi connectivity index (χ0v) is 13.2. The Hall–Kier alpha value is -1.99. The number of morpholine rings is 1. The van der Waals surface area contributed by atoms with Crippen molar-refractivity contribution in [1.29, 1.82) is 0 Å². The number of ether oxygens (including phenoxy) is 1. The second-order valence-electron chi connectivity index (χ2n) is 5.07. The third-order valence-corrected chi connectivity index (χ3v) is 4.38. The maximum atomic E-state index is 12.1. The van der Waals surface area contributed by atoms with Crippen LogP contribution in [0.3, 0.4) is 0 Å². The number of anilines is 1. The Morgan fingerprint density at radius 1 is 1.41 bits per heavy atom. The van der Waals surface area contributed by atoms with Crippen LogP contribution in [0.25, 0.3) is 0 Å². The number of carbonyl (C=O) groups is 1. The van der Waals surface area contributed by atoms with Crippen LogP contribution in [0.2, 0.25) is 0 Å². The molecule has 7 heteroatoms. The predicted molar refractivity (Wildman–Crippen MR) is 85.3 cm³/mol. The standard InChI is InChI=1S/C15H18N4O2S/c1-11-10-22-14(18-11)9-17-15(20)12-2-3-13(16-8-12)19-4-6-21-7-5-19/h2-3,8,10H,4-7,9H2,1H3,(H,17,20). The van der Waals surface area contributed by atoms with Gasteiger partial charge in [-0.25, -0.2) is 9.97 Å². The van der Waals surface area contributed by atoms with Crippen LogP contribution in [0.1, 0.15) is 21.1 Å². The van der Waals surface area contributed by atoms with Crippen molar-refractivity contribution in [3.63, 3.8) is 0 Å². The van der Waals surface area contributed by atoms with E-state index in [1.807, 2.05) is 18.4 Å². The number of nitrogens with zero attached hydrogens (tertiary/aromatic N) is 3. The molecular weight excluding hydrogens is 300 g/mol. The minimum absolute atomic E-state index is 0.131. The summed E-state index contributed by atoms with van der Waals surface area (Å²) in [6, 6.07) is 3.69. The lowest BCUT2D eigenvalue weighted by molar-refractivity contribution is 0.0950. The van der Waals surface area contributed by atoms with E-state index in [0.717, 1.165) is 42.8 Å². The predicted octanol–water partition coefficient (Wildman–Crippen LogP) is 1.61. The van der Waals surface area contributed by atoms with Crippen LogP contribution in [0, 0.1) is 6.92 Å². The Labute approximate surface area is 133 Å². The van der Waals surface area contributed by atoms with Crippen molar-refractivity contribution >= 4 is 23.1 Å². The molecule has 0 aromatic carbocycles. The van der Waals surface area contributed by atoms with Gasteiger partial charge in [0, 0.05) is 30.4 Å². The first-order chi connectivity index (χ1) is 10.7. The first-order valence-corrected chi connectivity index (χ1v) is 8.08. The van der Waals surface area contributed by atoms with Crippen LogP contribution in [0.15, 0.2) is 23.7 Å². The van der Waals surface area contributed by atoms with Gasteiger partial charge in [0.2, 0.25) is 0 Å². The van der Waals surface area contributed by atoms with Gasteiger partial charge < -0.3 is 15.0 Å². The van der Waals surface area contributed by atoms with Gasteiger partial charge in [0.15, 0.2) is 0 Å². The molecule has 1 aliphatic rings. The third-order valence-electron chi connectivity index (χ3n) is 3.41. The molecule has 22 heavy (non-hydrogen) atoms. The quantitative estimate of drug-likeness (QED) is 0.928. The summed E-state index contributed by atoms with van der Waals surface area (Å²) in [6.07, 6.45) is 1.62. The number of nitrogens with one attached hydrogen (secondary N) is 1. The second kappa shape index (κ2) is 6.85. The summed E-state index contributed by atoms with van der Waals surface area (Å²) in [5, 5.41) is 5.74. The number of carbonyl (C=O) groups excluding carboxylic acids is 1. The largest absolute Gasteiger partial charge is 0.378 e. The van der Waals surface area contributed by atoms with E-state index in [2.05, 4.69) is 20.2 Å². The summed E-state index contributed by atoms with van der Waals surface area (Å²) < 4.78 is 5.32. The van der Waals surface area contributed by atoms with E-state index in [4.69, 9.17) is 4.74 Å². The van der Waals surface area contributed by atoms with E-state index < -0.39 is 0 Å². The molecule has 0 atom stereocenters. The number of aromatic nitrogens is 2. The average molecular weight is 318 g/mol. The molecule has 2 aromatic heterocycles. The van der Waals surface area contributed by atoms with E-state index in [1.54, 1.807) is 23.6 Å². The van der Waals surface area contributed by atoms with Gasteiger partial charge in [0.25, 0.3) is 5.91 Å². The number of thiazole rings is 1. The van der Waals surface area contributed by atoms with Crippen molar-refractivity contribution in [2.75, 3.05) is 31.2 Å². The smallest absolute Gasteiger partial charge is 0.253 e. The van der Waals surface area contributed by atoms with Crippen LogP contribution in [0.5, 0.6) is 0 Å². The van der Waals surface area contributed by atoms with Gasteiger partial charge >= 0.3 is 0 Å². The maximum Gasteiger partial charge on any atom is 0.253 e.